The van der Waals surface area contributed by atoms with Crippen LogP contribution in [-0.2, 0) is 6.54 Å². The molecule has 0 aliphatic heterocycles. The largest absolute Gasteiger partial charge is 0.342 e. The molecule has 4 heteroatoms. The van der Waals surface area contributed by atoms with Crippen molar-refractivity contribution in [1.29, 1.82) is 5.26 Å². The topological polar surface area (TPSA) is 57.4 Å². The molecule has 2 aromatic heterocycles. The van der Waals surface area contributed by atoms with Gasteiger partial charge in [-0.2, -0.15) is 5.26 Å². The lowest BCUT2D eigenvalue weighted by Crippen LogP contribution is -1.97. The van der Waals surface area contributed by atoms with Crippen LogP contribution >= 0.6 is 0 Å². The lowest BCUT2D eigenvalue weighted by Gasteiger charge is -2.06. The van der Waals surface area contributed by atoms with Crippen molar-refractivity contribution in [2.24, 2.45) is 0 Å². The van der Waals surface area contributed by atoms with E-state index in [0.717, 1.165) is 34.0 Å². The van der Waals surface area contributed by atoms with Gasteiger partial charge in [0, 0.05) is 29.2 Å². The summed E-state index contributed by atoms with van der Waals surface area (Å²) in [5, 5.41) is 11.1. The second-order valence-electron chi connectivity index (χ2n) is 8.42. The number of hydrogen-bond donors (Lipinski definition) is 1. The van der Waals surface area contributed by atoms with Crippen molar-refractivity contribution < 1.29 is 0 Å². The van der Waals surface area contributed by atoms with Crippen LogP contribution in [0.25, 0.3) is 33.6 Å². The van der Waals surface area contributed by atoms with Crippen molar-refractivity contribution in [3.8, 4) is 6.07 Å². The first kappa shape index (κ1) is 19.8. The number of nitriles is 1. The van der Waals surface area contributed by atoms with Crippen LogP contribution in [0.4, 0.5) is 0 Å². The molecule has 4 nitrogen and oxygen atoms in total. The van der Waals surface area contributed by atoms with E-state index >= 15 is 0 Å². The molecular weight excluding hydrogens is 392 g/mol. The molecule has 0 amide bonds. The molecule has 1 N–H and O–H groups in total. The van der Waals surface area contributed by atoms with Gasteiger partial charge in [-0.25, -0.2) is 4.98 Å². The Kier molecular flexibility index (Phi) is 4.88. The molecule has 3 aromatic carbocycles. The van der Waals surface area contributed by atoms with Gasteiger partial charge in [0.05, 0.1) is 16.6 Å². The van der Waals surface area contributed by atoms with Crippen LogP contribution in [0.5, 0.6) is 0 Å². The number of para-hydroxylation sites is 1. The fourth-order valence-corrected chi connectivity index (χ4v) is 4.12. The molecular formula is C28H24N4. The summed E-state index contributed by atoms with van der Waals surface area (Å²) < 4.78 is 2.24. The van der Waals surface area contributed by atoms with Gasteiger partial charge in [0.25, 0.3) is 0 Å². The van der Waals surface area contributed by atoms with E-state index in [9.17, 15) is 5.26 Å². The van der Waals surface area contributed by atoms with E-state index < -0.39 is 0 Å². The second-order valence-corrected chi connectivity index (χ2v) is 8.42. The molecule has 0 bridgehead atoms. The number of rotatable bonds is 4. The van der Waals surface area contributed by atoms with E-state index in [1.807, 2.05) is 12.1 Å². The summed E-state index contributed by atoms with van der Waals surface area (Å²) in [7, 11) is 0. The highest BCUT2D eigenvalue weighted by Crippen LogP contribution is 2.27. The fourth-order valence-electron chi connectivity index (χ4n) is 4.12. The number of nitrogens with zero attached hydrogens (tertiary/aromatic N) is 3. The van der Waals surface area contributed by atoms with Gasteiger partial charge in [-0.1, -0.05) is 48.0 Å². The Labute approximate surface area is 187 Å². The summed E-state index contributed by atoms with van der Waals surface area (Å²) in [6.07, 6.45) is 4.06. The van der Waals surface area contributed by atoms with Gasteiger partial charge in [0.15, 0.2) is 0 Å². The molecule has 0 unspecified atom stereocenters. The molecule has 0 saturated heterocycles. The Hall–Kier alpha value is -4.10. The monoisotopic (exact) mass is 416 g/mol. The lowest BCUT2D eigenvalue weighted by atomic mass is 10.1. The third kappa shape index (κ3) is 3.59. The number of aryl methyl sites for hydroxylation is 3. The van der Waals surface area contributed by atoms with Crippen molar-refractivity contribution in [2.45, 2.75) is 27.3 Å². The highest BCUT2D eigenvalue weighted by atomic mass is 15.0. The Morgan fingerprint density at radius 3 is 2.56 bits per heavy atom. The lowest BCUT2D eigenvalue weighted by molar-refractivity contribution is 0.836. The smallest absolute Gasteiger partial charge is 0.149 e. The number of fused-ring (bicyclic) bond motifs is 2. The number of aromatic amines is 1. The van der Waals surface area contributed by atoms with Gasteiger partial charge < -0.3 is 9.55 Å². The molecule has 0 fully saturated rings. The quantitative estimate of drug-likeness (QED) is 0.338. The minimum absolute atomic E-state index is 0.523. The molecule has 2 heterocycles. The van der Waals surface area contributed by atoms with Gasteiger partial charge in [-0.3, -0.25) is 0 Å². The molecule has 0 atom stereocenters. The van der Waals surface area contributed by atoms with E-state index in [0.29, 0.717) is 11.4 Å². The highest BCUT2D eigenvalue weighted by molar-refractivity contribution is 5.98. The average Bonchev–Trinajstić information content (AvgIpc) is 3.35. The molecule has 0 radical (unpaired) electrons. The van der Waals surface area contributed by atoms with Gasteiger partial charge in [-0.05, 0) is 61.7 Å². The molecule has 32 heavy (non-hydrogen) atoms. The number of benzene rings is 3. The maximum absolute atomic E-state index is 9.93. The number of hydrogen-bond acceptors (Lipinski definition) is 2. The Morgan fingerprint density at radius 1 is 1.03 bits per heavy atom. The molecule has 0 aliphatic carbocycles. The molecule has 5 rings (SSSR count). The summed E-state index contributed by atoms with van der Waals surface area (Å²) in [6.45, 7) is 7.04. The Balaban J connectivity index is 1.59. The zero-order chi connectivity index (χ0) is 22.2. The summed E-state index contributed by atoms with van der Waals surface area (Å²) in [5.74, 6) is 0.600. The zero-order valence-corrected chi connectivity index (χ0v) is 18.5. The van der Waals surface area contributed by atoms with Crippen molar-refractivity contribution in [3.05, 3.63) is 101 Å². The van der Waals surface area contributed by atoms with E-state index in [1.165, 1.54) is 22.3 Å². The Bertz CT molecular complexity index is 1480. The minimum atomic E-state index is 0.523. The summed E-state index contributed by atoms with van der Waals surface area (Å²) in [4.78, 5) is 8.02. The normalized spacial score (nSPS) is 11.9. The van der Waals surface area contributed by atoms with Crippen LogP contribution < -0.4 is 0 Å². The van der Waals surface area contributed by atoms with Crippen LogP contribution in [0, 0.1) is 32.1 Å². The summed E-state index contributed by atoms with van der Waals surface area (Å²) in [5.41, 5.74) is 9.41. The van der Waals surface area contributed by atoms with Crippen LogP contribution in [0.15, 0.2) is 66.9 Å². The predicted octanol–water partition coefficient (Wildman–Crippen LogP) is 6.56. The number of allylic oxidation sites excluding steroid dienone is 1. The van der Waals surface area contributed by atoms with Crippen molar-refractivity contribution in [3.63, 3.8) is 0 Å². The Morgan fingerprint density at radius 2 is 1.78 bits per heavy atom. The van der Waals surface area contributed by atoms with Crippen LogP contribution in [0.3, 0.4) is 0 Å². The van der Waals surface area contributed by atoms with E-state index in [2.05, 4.69) is 97.2 Å². The summed E-state index contributed by atoms with van der Waals surface area (Å²) >= 11 is 0. The van der Waals surface area contributed by atoms with E-state index in [-0.39, 0.29) is 0 Å². The standard InChI is InChI=1S/C28H24N4/c1-18-8-10-21(11-9-18)16-32-17-23(24-6-4-5-7-27(24)32)14-22(15-29)28-30-25-12-19(2)20(3)13-26(25)31-28/h4-14,17H,16H2,1-3H3,(H,30,31)/b22-14-. The first-order valence-corrected chi connectivity index (χ1v) is 10.7. The van der Waals surface area contributed by atoms with Gasteiger partial charge in [-0.15, -0.1) is 0 Å². The van der Waals surface area contributed by atoms with E-state index in [1.54, 1.807) is 0 Å². The molecule has 156 valence electrons. The first-order valence-electron chi connectivity index (χ1n) is 10.7. The molecule has 0 spiro atoms. The van der Waals surface area contributed by atoms with Crippen LogP contribution in [0.2, 0.25) is 0 Å². The maximum atomic E-state index is 9.93. The SMILES string of the molecule is Cc1ccc(Cn2cc(/C=C(/C#N)c3nc4cc(C)c(C)cc4[nH]3)c3ccccc32)cc1. The van der Waals surface area contributed by atoms with Crippen molar-refractivity contribution in [1.82, 2.24) is 14.5 Å². The second kappa shape index (κ2) is 7.86. The molecule has 0 aliphatic rings. The molecule has 0 saturated carbocycles. The number of imidazole rings is 1. The average molecular weight is 417 g/mol. The fraction of sp³-hybridized carbons (Fsp3) is 0.143. The van der Waals surface area contributed by atoms with Crippen LogP contribution in [0.1, 0.15) is 33.6 Å². The van der Waals surface area contributed by atoms with Gasteiger partial charge >= 0.3 is 0 Å². The third-order valence-electron chi connectivity index (χ3n) is 6.07. The number of H-pyrrole nitrogens is 1. The number of nitrogens with one attached hydrogen (secondary N) is 1. The minimum Gasteiger partial charge on any atom is -0.342 e. The summed E-state index contributed by atoms with van der Waals surface area (Å²) in [6, 6.07) is 23.4. The van der Waals surface area contributed by atoms with Gasteiger partial charge in [0.2, 0.25) is 0 Å². The van der Waals surface area contributed by atoms with E-state index in [4.69, 9.17) is 4.98 Å². The molecule has 5 aromatic rings. The predicted molar refractivity (Wildman–Crippen MR) is 131 cm³/mol. The number of aromatic nitrogens is 3. The highest BCUT2D eigenvalue weighted by Gasteiger charge is 2.12. The zero-order valence-electron chi connectivity index (χ0n) is 18.5. The first-order chi connectivity index (χ1) is 15.5. The van der Waals surface area contributed by atoms with Crippen molar-refractivity contribution >= 4 is 33.6 Å². The third-order valence-corrected chi connectivity index (χ3v) is 6.07. The van der Waals surface area contributed by atoms with Crippen LogP contribution in [-0.4, -0.2) is 14.5 Å². The maximum Gasteiger partial charge on any atom is 0.149 e. The van der Waals surface area contributed by atoms with Gasteiger partial charge in [0.1, 0.15) is 11.9 Å². The van der Waals surface area contributed by atoms with Crippen molar-refractivity contribution in [2.75, 3.05) is 0 Å².